The lowest BCUT2D eigenvalue weighted by Gasteiger charge is -2.15. The van der Waals surface area contributed by atoms with Crippen molar-refractivity contribution in [1.29, 1.82) is 0 Å². The minimum Gasteiger partial charge on any atom is -0.455 e. The number of furan rings is 1. The van der Waals surface area contributed by atoms with Gasteiger partial charge in [0.25, 0.3) is 0 Å². The second-order valence-electron chi connectivity index (χ2n) is 12.8. The van der Waals surface area contributed by atoms with E-state index in [2.05, 4.69) is 146 Å². The highest BCUT2D eigenvalue weighted by Gasteiger charge is 2.21. The van der Waals surface area contributed by atoms with Gasteiger partial charge in [0.05, 0.1) is 5.56 Å². The third-order valence-electron chi connectivity index (χ3n) is 9.72. The minimum absolute atomic E-state index is 0.558. The topological polar surface area (TPSA) is 51.8 Å². The summed E-state index contributed by atoms with van der Waals surface area (Å²) in [6.07, 6.45) is 0. The first kappa shape index (κ1) is 29.0. The summed E-state index contributed by atoms with van der Waals surface area (Å²) in [5.41, 5.74) is 8.67. The van der Waals surface area contributed by atoms with E-state index in [1.165, 1.54) is 10.8 Å². The van der Waals surface area contributed by atoms with Gasteiger partial charge in [-0.15, -0.1) is 0 Å². The molecule has 0 saturated carbocycles. The van der Waals surface area contributed by atoms with E-state index in [9.17, 15) is 0 Å². The van der Waals surface area contributed by atoms with E-state index >= 15 is 0 Å². The Labute approximate surface area is 294 Å². The second-order valence-corrected chi connectivity index (χ2v) is 12.8. The first-order valence-electron chi connectivity index (χ1n) is 17.1. The zero-order chi connectivity index (χ0) is 33.7. The highest BCUT2D eigenvalue weighted by atomic mass is 16.3. The van der Waals surface area contributed by atoms with Gasteiger partial charge in [-0.2, -0.15) is 0 Å². The molecule has 0 aliphatic heterocycles. The van der Waals surface area contributed by atoms with Gasteiger partial charge < -0.3 is 4.42 Å². The van der Waals surface area contributed by atoms with Crippen LogP contribution in [0.2, 0.25) is 0 Å². The SMILES string of the molecule is c1ccc(-c2ccc3ccccc3c2-c2nc(-c3cccc(-c4ccc5ccccc5c4)c3)nc(-c3cccc4c3oc3ccccc34)n2)cc1. The van der Waals surface area contributed by atoms with Crippen molar-refractivity contribution >= 4 is 43.5 Å². The Morgan fingerprint density at radius 1 is 0.333 bits per heavy atom. The van der Waals surface area contributed by atoms with E-state index in [1.807, 2.05) is 30.3 Å². The number of rotatable bonds is 5. The molecule has 0 spiro atoms. The summed E-state index contributed by atoms with van der Waals surface area (Å²) < 4.78 is 6.50. The fourth-order valence-corrected chi connectivity index (χ4v) is 7.24. The largest absolute Gasteiger partial charge is 0.455 e. The van der Waals surface area contributed by atoms with Crippen LogP contribution in [0.3, 0.4) is 0 Å². The molecule has 4 nitrogen and oxygen atoms in total. The molecule has 0 fully saturated rings. The van der Waals surface area contributed by atoms with Crippen LogP contribution >= 0.6 is 0 Å². The highest BCUT2D eigenvalue weighted by molar-refractivity contribution is 6.09. The number of nitrogens with zero attached hydrogens (tertiary/aromatic N) is 3. The van der Waals surface area contributed by atoms with Crippen LogP contribution in [0.15, 0.2) is 180 Å². The maximum absolute atomic E-state index is 6.50. The molecule has 10 aromatic rings. The van der Waals surface area contributed by atoms with Gasteiger partial charge in [0, 0.05) is 21.9 Å². The highest BCUT2D eigenvalue weighted by Crippen LogP contribution is 2.40. The van der Waals surface area contributed by atoms with Crippen molar-refractivity contribution in [2.45, 2.75) is 0 Å². The van der Waals surface area contributed by atoms with Crippen LogP contribution in [-0.4, -0.2) is 15.0 Å². The van der Waals surface area contributed by atoms with Gasteiger partial charge in [-0.3, -0.25) is 0 Å². The van der Waals surface area contributed by atoms with Gasteiger partial charge in [0.2, 0.25) is 0 Å². The quantitative estimate of drug-likeness (QED) is 0.186. The molecule has 0 radical (unpaired) electrons. The minimum atomic E-state index is 0.558. The van der Waals surface area contributed by atoms with Crippen LogP contribution in [0.5, 0.6) is 0 Å². The number of para-hydroxylation sites is 2. The fourth-order valence-electron chi connectivity index (χ4n) is 7.24. The van der Waals surface area contributed by atoms with Gasteiger partial charge in [-0.1, -0.05) is 152 Å². The van der Waals surface area contributed by atoms with Crippen molar-refractivity contribution in [3.63, 3.8) is 0 Å². The van der Waals surface area contributed by atoms with Crippen LogP contribution in [0.1, 0.15) is 0 Å². The molecule has 51 heavy (non-hydrogen) atoms. The Bertz CT molecular complexity index is 2930. The van der Waals surface area contributed by atoms with E-state index in [0.717, 1.165) is 71.7 Å². The number of hydrogen-bond donors (Lipinski definition) is 0. The molecule has 10 rings (SSSR count). The van der Waals surface area contributed by atoms with Crippen molar-refractivity contribution in [1.82, 2.24) is 15.0 Å². The Morgan fingerprint density at radius 3 is 1.86 bits per heavy atom. The maximum Gasteiger partial charge on any atom is 0.167 e. The molecule has 0 bridgehead atoms. The standard InChI is InChI=1S/C47H29N3O/c1-2-13-31(14-3-1)38-27-26-32-15-6-7-19-37(32)43(38)47-49-45(36-18-10-17-34(29-36)35-25-24-30-12-4-5-16-33(30)28-35)48-46(50-47)41-22-11-21-40-39-20-8-9-23-42(39)51-44(40)41/h1-29H. The average Bonchev–Trinajstić information content (AvgIpc) is 3.59. The normalized spacial score (nSPS) is 11.5. The van der Waals surface area contributed by atoms with E-state index in [1.54, 1.807) is 0 Å². The van der Waals surface area contributed by atoms with Gasteiger partial charge >= 0.3 is 0 Å². The second kappa shape index (κ2) is 11.9. The van der Waals surface area contributed by atoms with E-state index in [4.69, 9.17) is 19.4 Å². The molecule has 0 unspecified atom stereocenters. The summed E-state index contributed by atoms with van der Waals surface area (Å²) in [4.78, 5) is 15.8. The number of benzene rings is 8. The molecule has 0 N–H and O–H groups in total. The van der Waals surface area contributed by atoms with Crippen molar-refractivity contribution in [3.05, 3.63) is 176 Å². The first-order chi connectivity index (χ1) is 25.3. The Kier molecular flexibility index (Phi) is 6.78. The lowest BCUT2D eigenvalue weighted by atomic mass is 9.93. The van der Waals surface area contributed by atoms with Crippen molar-refractivity contribution in [2.75, 3.05) is 0 Å². The third kappa shape index (κ3) is 5.04. The molecule has 0 atom stereocenters. The molecule has 8 aromatic carbocycles. The lowest BCUT2D eigenvalue weighted by molar-refractivity contribution is 0.669. The molecule has 238 valence electrons. The molecule has 4 heteroatoms. The molecule has 2 heterocycles. The van der Waals surface area contributed by atoms with E-state index in [-0.39, 0.29) is 0 Å². The van der Waals surface area contributed by atoms with E-state index < -0.39 is 0 Å². The third-order valence-corrected chi connectivity index (χ3v) is 9.72. The lowest BCUT2D eigenvalue weighted by Crippen LogP contribution is -2.02. The molecule has 0 saturated heterocycles. The predicted octanol–water partition coefficient (Wildman–Crippen LogP) is 12.4. The molecular formula is C47H29N3O. The Morgan fingerprint density at radius 2 is 0.961 bits per heavy atom. The monoisotopic (exact) mass is 651 g/mol. The fraction of sp³-hybridized carbons (Fsp3) is 0. The van der Waals surface area contributed by atoms with Gasteiger partial charge in [0.15, 0.2) is 17.5 Å². The number of aromatic nitrogens is 3. The summed E-state index contributed by atoms with van der Waals surface area (Å²) in [6, 6.07) is 61.1. The van der Waals surface area contributed by atoms with Crippen LogP contribution in [0.4, 0.5) is 0 Å². The Balaban J connectivity index is 1.24. The van der Waals surface area contributed by atoms with Crippen molar-refractivity contribution < 1.29 is 4.42 Å². The molecular weight excluding hydrogens is 623 g/mol. The van der Waals surface area contributed by atoms with Crippen LogP contribution in [-0.2, 0) is 0 Å². The maximum atomic E-state index is 6.50. The van der Waals surface area contributed by atoms with Crippen LogP contribution in [0.25, 0.3) is 99.9 Å². The van der Waals surface area contributed by atoms with Gasteiger partial charge in [-0.25, -0.2) is 15.0 Å². The number of fused-ring (bicyclic) bond motifs is 5. The van der Waals surface area contributed by atoms with E-state index in [0.29, 0.717) is 17.5 Å². The van der Waals surface area contributed by atoms with Crippen molar-refractivity contribution in [3.8, 4) is 56.4 Å². The predicted molar refractivity (Wildman–Crippen MR) is 209 cm³/mol. The zero-order valence-corrected chi connectivity index (χ0v) is 27.5. The summed E-state index contributed by atoms with van der Waals surface area (Å²) >= 11 is 0. The average molecular weight is 652 g/mol. The molecule has 0 aliphatic rings. The summed E-state index contributed by atoms with van der Waals surface area (Å²) in [6.45, 7) is 0. The van der Waals surface area contributed by atoms with Crippen molar-refractivity contribution in [2.24, 2.45) is 0 Å². The molecule has 0 amide bonds. The first-order valence-corrected chi connectivity index (χ1v) is 17.1. The van der Waals surface area contributed by atoms with Gasteiger partial charge in [-0.05, 0) is 68.1 Å². The van der Waals surface area contributed by atoms with Crippen LogP contribution in [0, 0.1) is 0 Å². The summed E-state index contributed by atoms with van der Waals surface area (Å²) in [7, 11) is 0. The summed E-state index contributed by atoms with van der Waals surface area (Å²) in [5.74, 6) is 1.76. The smallest absolute Gasteiger partial charge is 0.167 e. The van der Waals surface area contributed by atoms with Gasteiger partial charge in [0.1, 0.15) is 11.2 Å². The molecule has 0 aliphatic carbocycles. The summed E-state index contributed by atoms with van der Waals surface area (Å²) in [5, 5.41) is 6.70. The number of hydrogen-bond acceptors (Lipinski definition) is 4. The van der Waals surface area contributed by atoms with Crippen LogP contribution < -0.4 is 0 Å². The Hall–Kier alpha value is -6.91. The zero-order valence-electron chi connectivity index (χ0n) is 27.5. The molecule has 2 aromatic heterocycles.